The molecule has 8 heteroatoms. The van der Waals surface area contributed by atoms with E-state index in [1.807, 2.05) is 13.8 Å². The highest BCUT2D eigenvalue weighted by atomic mass is 32.2. The summed E-state index contributed by atoms with van der Waals surface area (Å²) < 4.78 is 54.1. The average Bonchev–Trinajstić information content (AvgIpc) is 2.55. The first-order valence-electron chi connectivity index (χ1n) is 8.25. The third-order valence-corrected chi connectivity index (χ3v) is 6.97. The number of nitrogens with one attached hydrogen (secondary N) is 2. The Balaban J connectivity index is 1.91. The van der Waals surface area contributed by atoms with Crippen LogP contribution < -0.4 is 9.44 Å². The molecule has 0 amide bonds. The molecule has 0 bridgehead atoms. The van der Waals surface area contributed by atoms with Crippen molar-refractivity contribution >= 4 is 20.0 Å². The molecule has 142 valence electrons. The highest BCUT2D eigenvalue weighted by Gasteiger charge is 2.18. The molecule has 0 aliphatic rings. The van der Waals surface area contributed by atoms with Crippen LogP contribution in [0.3, 0.4) is 0 Å². The van der Waals surface area contributed by atoms with Gasteiger partial charge >= 0.3 is 0 Å². The molecule has 0 heterocycles. The zero-order valence-electron chi connectivity index (χ0n) is 15.1. The fourth-order valence-corrected chi connectivity index (χ4v) is 4.65. The standard InChI is InChI=1S/C18H24N2O4S2/c1-14-4-8-17(9-5-14)25(21,22)19-13-12-16(3)20-26(23,24)18-10-6-15(2)7-11-18/h4-11,16,19-20H,12-13H2,1-3H3/t16-/m0/s1. The van der Waals surface area contributed by atoms with Gasteiger partial charge in [0, 0.05) is 12.6 Å². The van der Waals surface area contributed by atoms with E-state index in [1.54, 1.807) is 55.5 Å². The Hall–Kier alpha value is -1.74. The van der Waals surface area contributed by atoms with Crippen LogP contribution in [0.25, 0.3) is 0 Å². The van der Waals surface area contributed by atoms with Crippen molar-refractivity contribution in [2.75, 3.05) is 6.54 Å². The Labute approximate surface area is 155 Å². The quantitative estimate of drug-likeness (QED) is 0.716. The first-order chi connectivity index (χ1) is 12.1. The maximum atomic E-state index is 12.3. The zero-order valence-corrected chi connectivity index (χ0v) is 16.7. The van der Waals surface area contributed by atoms with E-state index in [0.717, 1.165) is 11.1 Å². The SMILES string of the molecule is Cc1ccc(S(=O)(=O)NCC[C@H](C)NS(=O)(=O)c2ccc(C)cc2)cc1. The van der Waals surface area contributed by atoms with Crippen LogP contribution in [0.4, 0.5) is 0 Å². The van der Waals surface area contributed by atoms with E-state index >= 15 is 0 Å². The highest BCUT2D eigenvalue weighted by molar-refractivity contribution is 7.89. The lowest BCUT2D eigenvalue weighted by Crippen LogP contribution is -2.36. The van der Waals surface area contributed by atoms with Crippen LogP contribution in [0.5, 0.6) is 0 Å². The summed E-state index contributed by atoms with van der Waals surface area (Å²) in [6, 6.07) is 12.7. The van der Waals surface area contributed by atoms with Gasteiger partial charge in [-0.15, -0.1) is 0 Å². The predicted molar refractivity (Wildman–Crippen MR) is 102 cm³/mol. The molecular formula is C18H24N2O4S2. The van der Waals surface area contributed by atoms with Crippen LogP contribution in [0.15, 0.2) is 58.3 Å². The van der Waals surface area contributed by atoms with Crippen molar-refractivity contribution in [2.45, 2.75) is 43.0 Å². The van der Waals surface area contributed by atoms with Crippen LogP contribution in [-0.4, -0.2) is 29.4 Å². The summed E-state index contributed by atoms with van der Waals surface area (Å²) in [5.41, 5.74) is 1.95. The van der Waals surface area contributed by atoms with E-state index in [9.17, 15) is 16.8 Å². The lowest BCUT2D eigenvalue weighted by Gasteiger charge is -2.15. The Morgan fingerprint density at radius 2 is 1.19 bits per heavy atom. The van der Waals surface area contributed by atoms with Crippen LogP contribution in [-0.2, 0) is 20.0 Å². The Bertz CT molecular complexity index is 936. The van der Waals surface area contributed by atoms with Gasteiger partial charge in [0.2, 0.25) is 20.0 Å². The summed E-state index contributed by atoms with van der Waals surface area (Å²) in [4.78, 5) is 0.381. The summed E-state index contributed by atoms with van der Waals surface area (Å²) in [7, 11) is -7.23. The molecule has 2 aromatic carbocycles. The number of hydrogen-bond donors (Lipinski definition) is 2. The second kappa shape index (κ2) is 8.30. The summed E-state index contributed by atoms with van der Waals surface area (Å²) in [5, 5.41) is 0. The van der Waals surface area contributed by atoms with E-state index in [2.05, 4.69) is 9.44 Å². The average molecular weight is 397 g/mol. The fraction of sp³-hybridized carbons (Fsp3) is 0.333. The number of sulfonamides is 2. The summed E-state index contributed by atoms with van der Waals surface area (Å²) in [6.45, 7) is 5.60. The van der Waals surface area contributed by atoms with Gasteiger partial charge in [-0.2, -0.15) is 0 Å². The van der Waals surface area contributed by atoms with Crippen molar-refractivity contribution in [3.63, 3.8) is 0 Å². The van der Waals surface area contributed by atoms with Gasteiger partial charge in [-0.3, -0.25) is 0 Å². The molecule has 26 heavy (non-hydrogen) atoms. The normalized spacial score (nSPS) is 13.5. The Kier molecular flexibility index (Phi) is 6.57. The van der Waals surface area contributed by atoms with Gasteiger partial charge in [0.05, 0.1) is 9.79 Å². The van der Waals surface area contributed by atoms with E-state index in [1.165, 1.54) is 0 Å². The molecule has 0 aliphatic carbocycles. The fourth-order valence-electron chi connectivity index (χ4n) is 2.32. The number of hydrogen-bond acceptors (Lipinski definition) is 4. The second-order valence-corrected chi connectivity index (χ2v) is 9.82. The molecule has 2 rings (SSSR count). The van der Waals surface area contributed by atoms with Crippen molar-refractivity contribution in [1.29, 1.82) is 0 Å². The molecule has 2 aromatic rings. The Morgan fingerprint density at radius 3 is 1.65 bits per heavy atom. The maximum absolute atomic E-state index is 12.3. The van der Waals surface area contributed by atoms with Gasteiger partial charge in [0.25, 0.3) is 0 Å². The van der Waals surface area contributed by atoms with Gasteiger partial charge in [0.1, 0.15) is 0 Å². The van der Waals surface area contributed by atoms with Crippen molar-refractivity contribution < 1.29 is 16.8 Å². The number of aryl methyl sites for hydroxylation is 2. The van der Waals surface area contributed by atoms with Crippen LogP contribution >= 0.6 is 0 Å². The molecule has 1 atom stereocenters. The van der Waals surface area contributed by atoms with Gasteiger partial charge in [0.15, 0.2) is 0 Å². The lowest BCUT2D eigenvalue weighted by molar-refractivity contribution is 0.539. The monoisotopic (exact) mass is 396 g/mol. The van der Waals surface area contributed by atoms with Gasteiger partial charge in [-0.05, 0) is 51.5 Å². The van der Waals surface area contributed by atoms with Crippen molar-refractivity contribution in [3.8, 4) is 0 Å². The second-order valence-electron chi connectivity index (χ2n) is 6.33. The van der Waals surface area contributed by atoms with E-state index < -0.39 is 26.1 Å². The first kappa shape index (κ1) is 20.6. The summed E-state index contributed by atoms with van der Waals surface area (Å²) in [5.74, 6) is 0. The van der Waals surface area contributed by atoms with E-state index in [4.69, 9.17) is 0 Å². The molecule has 0 aromatic heterocycles. The molecule has 0 aliphatic heterocycles. The molecule has 2 N–H and O–H groups in total. The van der Waals surface area contributed by atoms with Gasteiger partial charge in [-0.1, -0.05) is 35.4 Å². The van der Waals surface area contributed by atoms with Crippen LogP contribution in [0, 0.1) is 13.8 Å². The minimum Gasteiger partial charge on any atom is -0.211 e. The van der Waals surface area contributed by atoms with Crippen LogP contribution in [0.1, 0.15) is 24.5 Å². The number of rotatable bonds is 8. The van der Waals surface area contributed by atoms with Crippen molar-refractivity contribution in [1.82, 2.24) is 9.44 Å². The predicted octanol–water partition coefficient (Wildman–Crippen LogP) is 2.34. The first-order valence-corrected chi connectivity index (χ1v) is 11.2. The summed E-state index contributed by atoms with van der Waals surface area (Å²) >= 11 is 0. The number of benzene rings is 2. The molecule has 0 spiro atoms. The highest BCUT2D eigenvalue weighted by Crippen LogP contribution is 2.12. The minimum absolute atomic E-state index is 0.133. The largest absolute Gasteiger partial charge is 0.240 e. The minimum atomic E-state index is -3.63. The van der Waals surface area contributed by atoms with Gasteiger partial charge < -0.3 is 0 Å². The molecule has 0 saturated carbocycles. The van der Waals surface area contributed by atoms with E-state index in [-0.39, 0.29) is 16.3 Å². The topological polar surface area (TPSA) is 92.3 Å². The lowest BCUT2D eigenvalue weighted by atomic mass is 10.2. The molecule has 0 fully saturated rings. The van der Waals surface area contributed by atoms with Crippen molar-refractivity contribution in [3.05, 3.63) is 59.7 Å². The Morgan fingerprint density at radius 1 is 0.769 bits per heavy atom. The van der Waals surface area contributed by atoms with Crippen LogP contribution in [0.2, 0.25) is 0 Å². The smallest absolute Gasteiger partial charge is 0.211 e. The maximum Gasteiger partial charge on any atom is 0.240 e. The molecule has 0 radical (unpaired) electrons. The van der Waals surface area contributed by atoms with E-state index in [0.29, 0.717) is 6.42 Å². The zero-order chi connectivity index (χ0) is 19.4. The molecule has 0 saturated heterocycles. The third kappa shape index (κ3) is 5.63. The third-order valence-electron chi connectivity index (χ3n) is 3.89. The van der Waals surface area contributed by atoms with Crippen molar-refractivity contribution in [2.24, 2.45) is 0 Å². The van der Waals surface area contributed by atoms with Gasteiger partial charge in [-0.25, -0.2) is 26.3 Å². The molecule has 6 nitrogen and oxygen atoms in total. The molecule has 0 unspecified atom stereocenters. The molecular weight excluding hydrogens is 372 g/mol. The summed E-state index contributed by atoms with van der Waals surface area (Å²) in [6.07, 6.45) is 0.330.